The Balaban J connectivity index is 1.71. The maximum Gasteiger partial charge on any atom is 0.304 e. The zero-order chi connectivity index (χ0) is 21.9. The summed E-state index contributed by atoms with van der Waals surface area (Å²) in [4.78, 5) is 16.2. The van der Waals surface area contributed by atoms with Crippen LogP contribution in [-0.4, -0.2) is 49.9 Å². The van der Waals surface area contributed by atoms with Crippen molar-refractivity contribution in [1.82, 2.24) is 14.0 Å². The van der Waals surface area contributed by atoms with Crippen molar-refractivity contribution in [2.24, 2.45) is 0 Å². The quantitative estimate of drug-likeness (QED) is 0.704. The fourth-order valence-corrected chi connectivity index (χ4v) is 3.93. The molecule has 1 fully saturated rings. The normalized spacial score (nSPS) is 16.1. The minimum absolute atomic E-state index is 0.131. The van der Waals surface area contributed by atoms with Gasteiger partial charge in [-0.15, -0.1) is 0 Å². The topological polar surface area (TPSA) is 114 Å². The lowest BCUT2D eigenvalue weighted by Crippen LogP contribution is -2.44. The monoisotopic (exact) mass is 444 g/mol. The number of benzene rings is 1. The molecule has 0 unspecified atom stereocenters. The molecule has 3 rings (SSSR count). The second kappa shape index (κ2) is 8.66. The first-order valence-corrected chi connectivity index (χ1v) is 10.6. The molecule has 1 saturated heterocycles. The average Bonchev–Trinajstić information content (AvgIpc) is 2.94. The van der Waals surface area contributed by atoms with E-state index in [2.05, 4.69) is 10.3 Å². The molecule has 30 heavy (non-hydrogen) atoms. The van der Waals surface area contributed by atoms with Gasteiger partial charge in [-0.1, -0.05) is 12.1 Å². The van der Waals surface area contributed by atoms with E-state index in [1.165, 1.54) is 18.2 Å². The number of nitrogens with one attached hydrogen (secondary N) is 2. The van der Waals surface area contributed by atoms with Crippen LogP contribution >= 0.6 is 0 Å². The SMILES string of the molecule is Cc1ccc(C(C)(F)F)cc1Nc1nc(C(=O)NS(=O)(=O)N2CCCOCC2)co1. The highest BCUT2D eigenvalue weighted by Crippen LogP contribution is 2.31. The molecule has 1 aromatic heterocycles. The number of anilines is 2. The number of alkyl halides is 2. The number of amides is 1. The summed E-state index contributed by atoms with van der Waals surface area (Å²) in [6.45, 7) is 3.53. The lowest BCUT2D eigenvalue weighted by molar-refractivity contribution is 0.0175. The number of carbonyl (C=O) groups excluding carboxylic acids is 1. The van der Waals surface area contributed by atoms with E-state index in [0.717, 1.165) is 17.5 Å². The van der Waals surface area contributed by atoms with Crippen molar-refractivity contribution in [2.45, 2.75) is 26.2 Å². The molecule has 1 aliphatic heterocycles. The average molecular weight is 444 g/mol. The van der Waals surface area contributed by atoms with Crippen LogP contribution in [0.15, 0.2) is 28.9 Å². The van der Waals surface area contributed by atoms with Gasteiger partial charge in [0.2, 0.25) is 0 Å². The second-order valence-electron chi connectivity index (χ2n) is 6.88. The molecular weight excluding hydrogens is 422 g/mol. The summed E-state index contributed by atoms with van der Waals surface area (Å²) in [5.74, 6) is -4.00. The first-order chi connectivity index (χ1) is 14.1. The van der Waals surface area contributed by atoms with Crippen molar-refractivity contribution in [3.8, 4) is 0 Å². The highest BCUT2D eigenvalue weighted by Gasteiger charge is 2.27. The van der Waals surface area contributed by atoms with Gasteiger partial charge < -0.3 is 14.5 Å². The summed E-state index contributed by atoms with van der Waals surface area (Å²) >= 11 is 0. The van der Waals surface area contributed by atoms with E-state index in [9.17, 15) is 22.0 Å². The number of halogens is 2. The van der Waals surface area contributed by atoms with E-state index in [1.54, 1.807) is 6.92 Å². The lowest BCUT2D eigenvalue weighted by atomic mass is 10.1. The Labute approximate surface area is 172 Å². The molecule has 0 radical (unpaired) electrons. The molecule has 1 aliphatic rings. The van der Waals surface area contributed by atoms with Crippen LogP contribution in [0.5, 0.6) is 0 Å². The van der Waals surface area contributed by atoms with Crippen LogP contribution < -0.4 is 10.0 Å². The number of aryl methyl sites for hydroxylation is 1. The Morgan fingerprint density at radius 1 is 1.27 bits per heavy atom. The molecule has 1 amide bonds. The molecule has 0 spiro atoms. The van der Waals surface area contributed by atoms with Crippen LogP contribution in [0.2, 0.25) is 0 Å². The van der Waals surface area contributed by atoms with E-state index in [-0.39, 0.29) is 37.0 Å². The van der Waals surface area contributed by atoms with Crippen molar-refractivity contribution in [1.29, 1.82) is 0 Å². The number of aromatic nitrogens is 1. The minimum atomic E-state index is -4.06. The smallest absolute Gasteiger partial charge is 0.304 e. The number of ether oxygens (including phenoxy) is 1. The van der Waals surface area contributed by atoms with Gasteiger partial charge >= 0.3 is 10.2 Å². The van der Waals surface area contributed by atoms with Gasteiger partial charge in [-0.25, -0.2) is 13.5 Å². The van der Waals surface area contributed by atoms with E-state index in [1.807, 2.05) is 4.72 Å². The third kappa shape index (κ3) is 5.32. The van der Waals surface area contributed by atoms with Crippen molar-refractivity contribution < 1.29 is 31.1 Å². The standard InChI is InChI=1S/C18H22F2N4O5S/c1-12-4-5-13(18(2,19)20)10-14(12)21-17-22-15(11-29-17)16(25)23-30(26,27)24-6-3-8-28-9-7-24/h4-5,10-11H,3,6-9H2,1-2H3,(H,21,22)(H,23,25). The fourth-order valence-electron chi connectivity index (χ4n) is 2.78. The van der Waals surface area contributed by atoms with E-state index >= 15 is 0 Å². The van der Waals surface area contributed by atoms with Gasteiger partial charge in [-0.3, -0.25) is 4.79 Å². The van der Waals surface area contributed by atoms with Crippen LogP contribution in [0.25, 0.3) is 0 Å². The summed E-state index contributed by atoms with van der Waals surface area (Å²) in [5, 5.41) is 2.73. The Morgan fingerprint density at radius 3 is 2.77 bits per heavy atom. The molecule has 164 valence electrons. The maximum atomic E-state index is 13.6. The summed E-state index contributed by atoms with van der Waals surface area (Å²) in [5.41, 5.74) is 0.493. The van der Waals surface area contributed by atoms with Crippen LogP contribution in [0.3, 0.4) is 0 Å². The predicted molar refractivity (Wildman–Crippen MR) is 104 cm³/mol. The van der Waals surface area contributed by atoms with Gasteiger partial charge in [-0.05, 0) is 25.0 Å². The molecule has 1 aromatic carbocycles. The van der Waals surface area contributed by atoms with Crippen LogP contribution in [0, 0.1) is 6.92 Å². The molecule has 2 aromatic rings. The Bertz CT molecular complexity index is 1010. The maximum absolute atomic E-state index is 13.6. The number of nitrogens with zero attached hydrogens (tertiary/aromatic N) is 2. The molecule has 9 nitrogen and oxygen atoms in total. The zero-order valence-corrected chi connectivity index (χ0v) is 17.3. The molecule has 2 N–H and O–H groups in total. The largest absolute Gasteiger partial charge is 0.431 e. The molecular formula is C18H22F2N4O5S. The summed E-state index contributed by atoms with van der Waals surface area (Å²) in [6, 6.07) is 3.95. The Kier molecular flexibility index (Phi) is 6.38. The highest BCUT2D eigenvalue weighted by atomic mass is 32.2. The number of oxazole rings is 1. The molecule has 0 aliphatic carbocycles. The molecule has 0 saturated carbocycles. The number of hydrogen-bond donors (Lipinski definition) is 2. The van der Waals surface area contributed by atoms with Crippen LogP contribution in [0.4, 0.5) is 20.5 Å². The van der Waals surface area contributed by atoms with Gasteiger partial charge in [0, 0.05) is 37.9 Å². The zero-order valence-electron chi connectivity index (χ0n) is 16.4. The minimum Gasteiger partial charge on any atom is -0.431 e. The number of carbonyl (C=O) groups is 1. The van der Waals surface area contributed by atoms with Crippen LogP contribution in [-0.2, 0) is 20.9 Å². The number of hydrogen-bond acceptors (Lipinski definition) is 7. The van der Waals surface area contributed by atoms with Crippen LogP contribution in [0.1, 0.15) is 35.0 Å². The summed E-state index contributed by atoms with van der Waals surface area (Å²) in [6.07, 6.45) is 1.49. The van der Waals surface area contributed by atoms with Crippen molar-refractivity contribution in [3.05, 3.63) is 41.3 Å². The first-order valence-electron chi connectivity index (χ1n) is 9.18. The van der Waals surface area contributed by atoms with Gasteiger partial charge in [0.25, 0.3) is 17.8 Å². The summed E-state index contributed by atoms with van der Waals surface area (Å²) in [7, 11) is -4.06. The van der Waals surface area contributed by atoms with Gasteiger partial charge in [0.15, 0.2) is 5.69 Å². The second-order valence-corrected chi connectivity index (χ2v) is 8.55. The van der Waals surface area contributed by atoms with E-state index in [4.69, 9.17) is 9.15 Å². The molecule has 0 bridgehead atoms. The fraction of sp³-hybridized carbons (Fsp3) is 0.444. The molecule has 2 heterocycles. The van der Waals surface area contributed by atoms with Crippen molar-refractivity contribution in [3.63, 3.8) is 0 Å². The van der Waals surface area contributed by atoms with Gasteiger partial charge in [0.05, 0.1) is 6.61 Å². The Hall–Kier alpha value is -2.57. The van der Waals surface area contributed by atoms with Gasteiger partial charge in [0.1, 0.15) is 6.26 Å². The first kappa shape index (κ1) is 22.1. The number of rotatable bonds is 6. The molecule has 0 atom stereocenters. The third-order valence-corrected chi connectivity index (χ3v) is 5.95. The van der Waals surface area contributed by atoms with E-state index in [0.29, 0.717) is 24.3 Å². The third-order valence-electron chi connectivity index (χ3n) is 4.47. The molecule has 12 heteroatoms. The predicted octanol–water partition coefficient (Wildman–Crippen LogP) is 2.54. The Morgan fingerprint density at radius 2 is 2.03 bits per heavy atom. The lowest BCUT2D eigenvalue weighted by Gasteiger charge is -2.18. The van der Waals surface area contributed by atoms with Gasteiger partial charge in [-0.2, -0.15) is 17.7 Å². The van der Waals surface area contributed by atoms with Crippen molar-refractivity contribution in [2.75, 3.05) is 31.6 Å². The summed E-state index contributed by atoms with van der Waals surface area (Å²) < 4.78 is 65.3. The highest BCUT2D eigenvalue weighted by molar-refractivity contribution is 7.87. The van der Waals surface area contributed by atoms with Crippen molar-refractivity contribution >= 4 is 27.8 Å². The van der Waals surface area contributed by atoms with E-state index < -0.39 is 22.0 Å².